The van der Waals surface area contributed by atoms with Gasteiger partial charge in [-0.3, -0.25) is 4.40 Å². The smallest absolute Gasteiger partial charge is 0.181 e. The van der Waals surface area contributed by atoms with Crippen LogP contribution in [0.3, 0.4) is 0 Å². The van der Waals surface area contributed by atoms with Gasteiger partial charge in [0.2, 0.25) is 0 Å². The zero-order valence-electron chi connectivity index (χ0n) is 16.6. The molecule has 0 saturated heterocycles. The van der Waals surface area contributed by atoms with Crippen molar-refractivity contribution in [2.45, 2.75) is 6.42 Å². The minimum Gasteiger partial charge on any atom is -0.497 e. The number of ether oxygens (including phenoxy) is 1. The van der Waals surface area contributed by atoms with Crippen molar-refractivity contribution < 1.29 is 4.74 Å². The minimum atomic E-state index is 0.691. The number of allylic oxidation sites excluding steroid dienone is 5. The van der Waals surface area contributed by atoms with Gasteiger partial charge < -0.3 is 15.0 Å². The SMILES string of the molecule is COC1=CCC=CC(c2nc3c(Nc4cccc(N(C)C)c4)nccn3c2Br)=C1. The monoisotopic (exact) mass is 451 g/mol. The highest BCUT2D eigenvalue weighted by Crippen LogP contribution is 2.31. The average Bonchev–Trinajstić information content (AvgIpc) is 2.91. The van der Waals surface area contributed by atoms with Gasteiger partial charge in [0, 0.05) is 43.4 Å². The summed E-state index contributed by atoms with van der Waals surface area (Å²) in [7, 11) is 5.72. The molecule has 0 saturated carbocycles. The van der Waals surface area contributed by atoms with Crippen molar-refractivity contribution in [1.29, 1.82) is 0 Å². The summed E-state index contributed by atoms with van der Waals surface area (Å²) in [6.45, 7) is 0. The van der Waals surface area contributed by atoms with Crippen LogP contribution in [0.2, 0.25) is 0 Å². The number of fused-ring (bicyclic) bond motifs is 1. The van der Waals surface area contributed by atoms with Crippen LogP contribution in [0.25, 0.3) is 11.2 Å². The van der Waals surface area contributed by atoms with Crippen LogP contribution in [-0.4, -0.2) is 35.6 Å². The third-order valence-corrected chi connectivity index (χ3v) is 5.43. The van der Waals surface area contributed by atoms with Gasteiger partial charge in [-0.25, -0.2) is 9.97 Å². The lowest BCUT2D eigenvalue weighted by Crippen LogP contribution is -2.08. The quantitative estimate of drug-likeness (QED) is 0.579. The summed E-state index contributed by atoms with van der Waals surface area (Å²) in [6, 6.07) is 8.18. The van der Waals surface area contributed by atoms with E-state index in [2.05, 4.69) is 55.4 Å². The molecule has 1 aromatic carbocycles. The van der Waals surface area contributed by atoms with Crippen LogP contribution >= 0.6 is 15.9 Å². The normalized spacial score (nSPS) is 13.7. The molecule has 0 aliphatic heterocycles. The Morgan fingerprint density at radius 2 is 2.14 bits per heavy atom. The lowest BCUT2D eigenvalue weighted by molar-refractivity contribution is 0.306. The fraction of sp³-hybridized carbons (Fsp3) is 0.182. The van der Waals surface area contributed by atoms with Crippen molar-refractivity contribution in [3.63, 3.8) is 0 Å². The number of imidazole rings is 1. The molecule has 0 atom stereocenters. The number of rotatable bonds is 5. The standard InChI is InChI=1S/C22H22BrN5O/c1-27(2)17-9-6-8-16(14-17)25-21-22-26-19(20(23)28(22)12-11-24-21)15-7-4-5-10-18(13-15)29-3/h4,6-14H,5H2,1-3H3,(H,24,25). The number of anilines is 3. The van der Waals surface area contributed by atoms with Gasteiger partial charge in [0.1, 0.15) is 16.1 Å². The number of nitrogens with zero attached hydrogens (tertiary/aromatic N) is 4. The number of halogens is 1. The Bertz CT molecular complexity index is 1140. The average molecular weight is 452 g/mol. The van der Waals surface area contributed by atoms with Crippen molar-refractivity contribution in [1.82, 2.24) is 14.4 Å². The molecule has 1 aliphatic carbocycles. The molecule has 7 heteroatoms. The predicted octanol–water partition coefficient (Wildman–Crippen LogP) is 5.18. The van der Waals surface area contributed by atoms with Gasteiger partial charge in [-0.2, -0.15) is 0 Å². The molecule has 2 heterocycles. The zero-order chi connectivity index (χ0) is 20.4. The predicted molar refractivity (Wildman–Crippen MR) is 122 cm³/mol. The molecule has 0 radical (unpaired) electrons. The van der Waals surface area contributed by atoms with Crippen molar-refractivity contribution in [3.8, 4) is 0 Å². The Balaban J connectivity index is 1.77. The van der Waals surface area contributed by atoms with Crippen molar-refractivity contribution in [3.05, 3.63) is 77.0 Å². The van der Waals surface area contributed by atoms with E-state index < -0.39 is 0 Å². The van der Waals surface area contributed by atoms with Crippen molar-refractivity contribution >= 4 is 44.3 Å². The molecule has 1 N–H and O–H groups in total. The first-order chi connectivity index (χ1) is 14.1. The van der Waals surface area contributed by atoms with E-state index >= 15 is 0 Å². The van der Waals surface area contributed by atoms with Crippen LogP contribution in [0.15, 0.2) is 71.3 Å². The van der Waals surface area contributed by atoms with E-state index in [1.54, 1.807) is 13.3 Å². The molecule has 4 rings (SSSR count). The van der Waals surface area contributed by atoms with Crippen LogP contribution in [0.1, 0.15) is 12.1 Å². The number of methoxy groups -OCH3 is 1. The minimum absolute atomic E-state index is 0.691. The van der Waals surface area contributed by atoms with Gasteiger partial charge in [-0.05, 0) is 52.7 Å². The molecule has 0 unspecified atom stereocenters. The second-order valence-electron chi connectivity index (χ2n) is 6.84. The second kappa shape index (κ2) is 8.13. The largest absolute Gasteiger partial charge is 0.497 e. The van der Waals surface area contributed by atoms with Gasteiger partial charge in [0.05, 0.1) is 7.11 Å². The molecule has 0 fully saturated rings. The maximum Gasteiger partial charge on any atom is 0.181 e. The highest BCUT2D eigenvalue weighted by atomic mass is 79.9. The highest BCUT2D eigenvalue weighted by molar-refractivity contribution is 9.10. The Hall–Kier alpha value is -3.06. The molecular weight excluding hydrogens is 430 g/mol. The molecule has 2 aromatic heterocycles. The van der Waals surface area contributed by atoms with Crippen LogP contribution in [0, 0.1) is 0 Å². The summed E-state index contributed by atoms with van der Waals surface area (Å²) in [5.74, 6) is 1.52. The Labute approximate surface area is 178 Å². The number of benzene rings is 1. The highest BCUT2D eigenvalue weighted by Gasteiger charge is 2.17. The van der Waals surface area contributed by atoms with Gasteiger partial charge in [0.15, 0.2) is 11.5 Å². The van der Waals surface area contributed by atoms with E-state index in [9.17, 15) is 0 Å². The van der Waals surface area contributed by atoms with Crippen LogP contribution < -0.4 is 10.2 Å². The third kappa shape index (κ3) is 3.91. The van der Waals surface area contributed by atoms with Crippen molar-refractivity contribution in [2.24, 2.45) is 0 Å². The van der Waals surface area contributed by atoms with Crippen LogP contribution in [0.5, 0.6) is 0 Å². The maximum atomic E-state index is 5.44. The van der Waals surface area contributed by atoms with Gasteiger partial charge >= 0.3 is 0 Å². The molecular formula is C22H22BrN5O. The van der Waals surface area contributed by atoms with Crippen LogP contribution in [-0.2, 0) is 4.74 Å². The summed E-state index contributed by atoms with van der Waals surface area (Å²) >= 11 is 3.71. The van der Waals surface area contributed by atoms with E-state index in [4.69, 9.17) is 9.72 Å². The topological polar surface area (TPSA) is 54.7 Å². The number of hydrogen-bond acceptors (Lipinski definition) is 5. The summed E-state index contributed by atoms with van der Waals surface area (Å²) in [5, 5.41) is 3.40. The molecule has 29 heavy (non-hydrogen) atoms. The Morgan fingerprint density at radius 1 is 1.28 bits per heavy atom. The Morgan fingerprint density at radius 3 is 2.93 bits per heavy atom. The van der Waals surface area contributed by atoms with E-state index in [1.165, 1.54) is 0 Å². The van der Waals surface area contributed by atoms with Gasteiger partial charge in [0.25, 0.3) is 0 Å². The van der Waals surface area contributed by atoms with E-state index in [1.807, 2.05) is 49.0 Å². The first-order valence-electron chi connectivity index (χ1n) is 9.26. The first-order valence-corrected chi connectivity index (χ1v) is 10.1. The van der Waals surface area contributed by atoms with E-state index in [0.29, 0.717) is 5.82 Å². The molecule has 3 aromatic rings. The second-order valence-corrected chi connectivity index (χ2v) is 7.59. The summed E-state index contributed by atoms with van der Waals surface area (Å²) in [6.07, 6.45) is 12.7. The number of hydrogen-bond donors (Lipinski definition) is 1. The lowest BCUT2D eigenvalue weighted by Gasteiger charge is -2.14. The summed E-state index contributed by atoms with van der Waals surface area (Å²) < 4.78 is 8.29. The van der Waals surface area contributed by atoms with E-state index in [0.717, 1.165) is 45.1 Å². The zero-order valence-corrected chi connectivity index (χ0v) is 18.1. The molecule has 0 bridgehead atoms. The van der Waals surface area contributed by atoms with E-state index in [-0.39, 0.29) is 0 Å². The number of aromatic nitrogens is 3. The Kier molecular flexibility index (Phi) is 5.40. The summed E-state index contributed by atoms with van der Waals surface area (Å²) in [5.41, 5.74) is 4.62. The fourth-order valence-electron chi connectivity index (χ4n) is 3.15. The number of nitrogens with one attached hydrogen (secondary N) is 1. The molecule has 0 amide bonds. The first kappa shape index (κ1) is 19.3. The molecule has 6 nitrogen and oxygen atoms in total. The molecule has 148 valence electrons. The molecule has 1 aliphatic rings. The van der Waals surface area contributed by atoms with Gasteiger partial charge in [-0.15, -0.1) is 0 Å². The molecule has 0 spiro atoms. The van der Waals surface area contributed by atoms with Crippen molar-refractivity contribution in [2.75, 3.05) is 31.4 Å². The maximum absolute atomic E-state index is 5.44. The fourth-order valence-corrected chi connectivity index (χ4v) is 3.75. The summed E-state index contributed by atoms with van der Waals surface area (Å²) in [4.78, 5) is 11.5. The third-order valence-electron chi connectivity index (χ3n) is 4.67. The van der Waals surface area contributed by atoms with Crippen LogP contribution in [0.4, 0.5) is 17.2 Å². The lowest BCUT2D eigenvalue weighted by atomic mass is 10.2. The van der Waals surface area contributed by atoms with Gasteiger partial charge in [-0.1, -0.05) is 18.2 Å².